The van der Waals surface area contributed by atoms with Crippen LogP contribution in [0.4, 0.5) is 17.1 Å². The van der Waals surface area contributed by atoms with Gasteiger partial charge in [0.25, 0.3) is 5.91 Å². The van der Waals surface area contributed by atoms with E-state index < -0.39 is 17.4 Å². The molecule has 230 valence electrons. The largest absolute Gasteiger partial charge is 0.396 e. The van der Waals surface area contributed by atoms with Crippen LogP contribution in [0.2, 0.25) is 0 Å². The number of hydrogen-bond donors (Lipinski definition) is 6. The molecule has 2 unspecified atom stereocenters. The lowest BCUT2D eigenvalue weighted by atomic mass is 9.82. The third-order valence-corrected chi connectivity index (χ3v) is 8.79. The van der Waals surface area contributed by atoms with Crippen LogP contribution in [0.5, 0.6) is 0 Å². The third kappa shape index (κ3) is 6.83. The first kappa shape index (κ1) is 30.9. The Morgan fingerprint density at radius 3 is 2.28 bits per heavy atom. The van der Waals surface area contributed by atoms with E-state index in [1.807, 2.05) is 24.3 Å². The van der Waals surface area contributed by atoms with Crippen LogP contribution in [-0.2, 0) is 26.5 Å². The summed E-state index contributed by atoms with van der Waals surface area (Å²) in [4.78, 5) is 41.4. The molecule has 2 saturated heterocycles. The summed E-state index contributed by atoms with van der Waals surface area (Å²) in [5.74, 6) is -1.39. The van der Waals surface area contributed by atoms with Crippen LogP contribution in [0, 0.1) is 17.8 Å². The average Bonchev–Trinajstić information content (AvgIpc) is 3.24. The SMILES string of the molecule is C[C@@H](/C=C/CCO)[C@]1(O)C(=O)N(Cc2cccc(NC(=O)C3CCCNC3)c2)c2ccc(NC(=O)C3CCCNC3)cc21. The number of amides is 3. The van der Waals surface area contributed by atoms with Crippen molar-refractivity contribution in [2.24, 2.45) is 17.8 Å². The van der Waals surface area contributed by atoms with E-state index in [0.29, 0.717) is 42.1 Å². The normalized spacial score (nSPS) is 24.5. The molecule has 3 amide bonds. The number of fused-ring (bicyclic) bond motifs is 1. The minimum atomic E-state index is -1.87. The standard InChI is InChI=1S/C33H43N5O5/c1-22(7-2-3-16-39)33(43)28-18-27(37-31(41)25-10-6-15-35-20-25)12-13-29(28)38(32(33)42)21-23-8-4-11-26(17-23)36-30(40)24-9-5-14-34-19-24/h2,4,7-8,11-13,17-18,22,24-25,34-35,39,43H,3,5-6,9-10,14-16,19-21H2,1H3,(H,36,40)(H,37,41)/b7-2+/t22-,24?,25?,33+/m0/s1. The molecule has 2 aromatic rings. The molecule has 0 spiro atoms. The number of nitrogens with one attached hydrogen (secondary N) is 4. The van der Waals surface area contributed by atoms with Crippen LogP contribution in [0.1, 0.15) is 50.2 Å². The summed E-state index contributed by atoms with van der Waals surface area (Å²) in [5.41, 5.74) is 1.10. The van der Waals surface area contributed by atoms with Gasteiger partial charge in [-0.15, -0.1) is 0 Å². The number of nitrogens with zero attached hydrogens (tertiary/aromatic N) is 1. The van der Waals surface area contributed by atoms with E-state index >= 15 is 0 Å². The Bertz CT molecular complexity index is 1350. The van der Waals surface area contributed by atoms with E-state index in [1.165, 1.54) is 0 Å². The van der Waals surface area contributed by atoms with Crippen LogP contribution in [-0.4, -0.2) is 60.7 Å². The maximum Gasteiger partial charge on any atom is 0.264 e. The smallest absolute Gasteiger partial charge is 0.264 e. The van der Waals surface area contributed by atoms with Crippen LogP contribution >= 0.6 is 0 Å². The van der Waals surface area contributed by atoms with Crippen molar-refractivity contribution >= 4 is 34.8 Å². The molecule has 0 radical (unpaired) electrons. The predicted octanol–water partition coefficient (Wildman–Crippen LogP) is 2.87. The van der Waals surface area contributed by atoms with Crippen molar-refractivity contribution in [3.8, 4) is 0 Å². The second-order valence-corrected chi connectivity index (χ2v) is 11.9. The summed E-state index contributed by atoms with van der Waals surface area (Å²) in [6.07, 6.45) is 7.47. The van der Waals surface area contributed by atoms with E-state index in [9.17, 15) is 24.6 Å². The van der Waals surface area contributed by atoms with Crippen LogP contribution in [0.25, 0.3) is 0 Å². The molecule has 2 fully saturated rings. The number of carbonyl (C=O) groups excluding carboxylic acids is 3. The Labute approximate surface area is 252 Å². The molecule has 3 aliphatic rings. The summed E-state index contributed by atoms with van der Waals surface area (Å²) in [7, 11) is 0. The van der Waals surface area contributed by atoms with E-state index in [1.54, 1.807) is 42.2 Å². The molecule has 10 heteroatoms. The zero-order chi connectivity index (χ0) is 30.4. The Morgan fingerprint density at radius 2 is 1.67 bits per heavy atom. The topological polar surface area (TPSA) is 143 Å². The fourth-order valence-corrected chi connectivity index (χ4v) is 6.27. The molecular formula is C33H43N5O5. The van der Waals surface area contributed by atoms with Gasteiger partial charge in [-0.3, -0.25) is 14.4 Å². The number of carbonyl (C=O) groups is 3. The zero-order valence-corrected chi connectivity index (χ0v) is 24.8. The monoisotopic (exact) mass is 589 g/mol. The Kier molecular flexibility index (Phi) is 9.92. The fraction of sp³-hybridized carbons (Fsp3) is 0.485. The molecular weight excluding hydrogens is 546 g/mol. The number of piperidine rings is 2. The molecule has 0 aliphatic carbocycles. The van der Waals surface area contributed by atoms with E-state index in [-0.39, 0.29) is 36.8 Å². The van der Waals surface area contributed by atoms with Gasteiger partial charge in [0.1, 0.15) is 0 Å². The predicted molar refractivity (Wildman–Crippen MR) is 166 cm³/mol. The van der Waals surface area contributed by atoms with Crippen LogP contribution in [0.3, 0.4) is 0 Å². The average molecular weight is 590 g/mol. The molecule has 5 rings (SSSR count). The highest BCUT2D eigenvalue weighted by atomic mass is 16.3. The fourth-order valence-electron chi connectivity index (χ4n) is 6.27. The van der Waals surface area contributed by atoms with Gasteiger partial charge in [0, 0.05) is 42.6 Å². The van der Waals surface area contributed by atoms with Crippen LogP contribution < -0.4 is 26.2 Å². The second kappa shape index (κ2) is 13.8. The lowest BCUT2D eigenvalue weighted by Crippen LogP contribution is -2.44. The lowest BCUT2D eigenvalue weighted by Gasteiger charge is -2.28. The van der Waals surface area contributed by atoms with E-state index in [2.05, 4.69) is 21.3 Å². The van der Waals surface area contributed by atoms with Crippen molar-refractivity contribution in [1.82, 2.24) is 10.6 Å². The van der Waals surface area contributed by atoms with Gasteiger partial charge in [-0.25, -0.2) is 0 Å². The zero-order valence-electron chi connectivity index (χ0n) is 24.8. The van der Waals surface area contributed by atoms with E-state index in [4.69, 9.17) is 0 Å². The van der Waals surface area contributed by atoms with Crippen molar-refractivity contribution in [3.63, 3.8) is 0 Å². The number of aliphatic hydroxyl groups excluding tert-OH is 1. The molecule has 4 atom stereocenters. The van der Waals surface area contributed by atoms with Gasteiger partial charge in [-0.2, -0.15) is 0 Å². The van der Waals surface area contributed by atoms with Gasteiger partial charge in [0.05, 0.1) is 24.1 Å². The molecule has 3 aliphatic heterocycles. The summed E-state index contributed by atoms with van der Waals surface area (Å²) in [6, 6.07) is 12.7. The molecule has 0 saturated carbocycles. The van der Waals surface area contributed by atoms with Gasteiger partial charge in [-0.1, -0.05) is 31.2 Å². The quantitative estimate of drug-likeness (QED) is 0.234. The first-order valence-corrected chi connectivity index (χ1v) is 15.4. The number of aliphatic hydroxyl groups is 2. The first-order chi connectivity index (χ1) is 20.8. The lowest BCUT2D eigenvalue weighted by molar-refractivity contribution is -0.139. The maximum atomic E-state index is 14.0. The van der Waals surface area contributed by atoms with Crippen molar-refractivity contribution in [3.05, 3.63) is 65.7 Å². The molecule has 3 heterocycles. The number of rotatable bonds is 10. The highest BCUT2D eigenvalue weighted by Crippen LogP contribution is 2.47. The first-order valence-electron chi connectivity index (χ1n) is 15.4. The molecule has 6 N–H and O–H groups in total. The van der Waals surface area contributed by atoms with Crippen molar-refractivity contribution in [1.29, 1.82) is 0 Å². The number of benzene rings is 2. The summed E-state index contributed by atoms with van der Waals surface area (Å²) >= 11 is 0. The van der Waals surface area contributed by atoms with Gasteiger partial charge in [0.2, 0.25) is 11.8 Å². The van der Waals surface area contributed by atoms with Crippen molar-refractivity contribution in [2.75, 3.05) is 48.3 Å². The number of anilines is 3. The minimum Gasteiger partial charge on any atom is -0.396 e. The summed E-state index contributed by atoms with van der Waals surface area (Å²) < 4.78 is 0. The Balaban J connectivity index is 1.40. The van der Waals surface area contributed by atoms with Gasteiger partial charge >= 0.3 is 0 Å². The van der Waals surface area contributed by atoms with Crippen LogP contribution in [0.15, 0.2) is 54.6 Å². The van der Waals surface area contributed by atoms with Crippen molar-refractivity contribution < 1.29 is 24.6 Å². The summed E-state index contributed by atoms with van der Waals surface area (Å²) in [5, 5.41) is 33.8. The Morgan fingerprint density at radius 1 is 1.02 bits per heavy atom. The molecule has 2 aromatic carbocycles. The molecule has 43 heavy (non-hydrogen) atoms. The molecule has 10 nitrogen and oxygen atoms in total. The third-order valence-electron chi connectivity index (χ3n) is 8.79. The van der Waals surface area contributed by atoms with Crippen molar-refractivity contribution in [2.45, 2.75) is 51.2 Å². The molecule has 0 bridgehead atoms. The van der Waals surface area contributed by atoms with Gasteiger partial charge in [0.15, 0.2) is 5.60 Å². The number of hydrogen-bond acceptors (Lipinski definition) is 7. The van der Waals surface area contributed by atoms with E-state index in [0.717, 1.165) is 44.3 Å². The van der Waals surface area contributed by atoms with Gasteiger partial charge < -0.3 is 36.4 Å². The minimum absolute atomic E-state index is 0.0246. The Hall–Kier alpha value is -3.57. The second-order valence-electron chi connectivity index (χ2n) is 11.9. The highest BCUT2D eigenvalue weighted by Gasteiger charge is 2.52. The van der Waals surface area contributed by atoms with Gasteiger partial charge in [-0.05, 0) is 81.1 Å². The molecule has 0 aromatic heterocycles. The summed E-state index contributed by atoms with van der Waals surface area (Å²) in [6.45, 7) is 5.05. The highest BCUT2D eigenvalue weighted by molar-refractivity contribution is 6.08. The maximum absolute atomic E-state index is 14.0.